The maximum atomic E-state index is 12.3. The van der Waals surface area contributed by atoms with Gasteiger partial charge in [-0.2, -0.15) is 0 Å². The van der Waals surface area contributed by atoms with Crippen LogP contribution >= 0.6 is 0 Å². The molecular weight excluding hydrogens is 268 g/mol. The van der Waals surface area contributed by atoms with E-state index in [4.69, 9.17) is 0 Å². The van der Waals surface area contributed by atoms with E-state index in [2.05, 4.69) is 5.32 Å². The van der Waals surface area contributed by atoms with Crippen LogP contribution in [0.4, 0.5) is 5.69 Å². The van der Waals surface area contributed by atoms with Gasteiger partial charge in [0.25, 0.3) is 11.6 Å². The second kappa shape index (κ2) is 5.47. The minimum Gasteiger partial charge on any atom is -0.349 e. The Bertz CT molecular complexity index is 572. The van der Waals surface area contributed by atoms with Gasteiger partial charge in [-0.05, 0) is 50.0 Å². The lowest BCUT2D eigenvalue weighted by molar-refractivity contribution is -0.385. The lowest BCUT2D eigenvalue weighted by atomic mass is 9.84. The van der Waals surface area contributed by atoms with Crippen molar-refractivity contribution < 1.29 is 9.72 Å². The molecule has 1 aromatic carbocycles. The number of fused-ring (bicyclic) bond motifs is 2. The molecule has 2 aliphatic rings. The Hall–Kier alpha value is -1.91. The SMILES string of the molecule is C[C@H](NC(=O)c1ccccc1[N+](=O)[O-])[C@H]1C[C@@H]2CC[C@H]1C2. The summed E-state index contributed by atoms with van der Waals surface area (Å²) in [6, 6.07) is 6.20. The van der Waals surface area contributed by atoms with E-state index in [1.165, 1.54) is 37.8 Å². The fourth-order valence-corrected chi connectivity index (χ4v) is 4.12. The summed E-state index contributed by atoms with van der Waals surface area (Å²) in [5, 5.41) is 14.0. The van der Waals surface area contributed by atoms with Gasteiger partial charge < -0.3 is 5.32 Å². The summed E-state index contributed by atoms with van der Waals surface area (Å²) < 4.78 is 0. The summed E-state index contributed by atoms with van der Waals surface area (Å²) in [4.78, 5) is 22.8. The van der Waals surface area contributed by atoms with Crippen LogP contribution in [-0.4, -0.2) is 16.9 Å². The van der Waals surface area contributed by atoms with E-state index in [0.29, 0.717) is 5.92 Å². The minimum atomic E-state index is -0.503. The first-order chi connectivity index (χ1) is 10.1. The molecule has 1 N–H and O–H groups in total. The molecule has 0 saturated heterocycles. The molecule has 2 fully saturated rings. The number of benzene rings is 1. The summed E-state index contributed by atoms with van der Waals surface area (Å²) in [6.07, 6.45) is 5.06. The smallest absolute Gasteiger partial charge is 0.282 e. The largest absolute Gasteiger partial charge is 0.349 e. The predicted octanol–water partition coefficient (Wildman–Crippen LogP) is 3.15. The molecule has 4 atom stereocenters. The van der Waals surface area contributed by atoms with Crippen LogP contribution in [0.1, 0.15) is 43.0 Å². The second-order valence-electron chi connectivity index (χ2n) is 6.38. The number of hydrogen-bond acceptors (Lipinski definition) is 3. The molecule has 21 heavy (non-hydrogen) atoms. The van der Waals surface area contributed by atoms with Crippen LogP contribution in [-0.2, 0) is 0 Å². The zero-order valence-corrected chi connectivity index (χ0v) is 12.1. The van der Waals surface area contributed by atoms with Crippen molar-refractivity contribution >= 4 is 11.6 Å². The summed E-state index contributed by atoms with van der Waals surface area (Å²) in [5.74, 6) is 1.73. The molecule has 0 radical (unpaired) electrons. The number of nitrogens with one attached hydrogen (secondary N) is 1. The molecule has 2 aliphatic carbocycles. The molecule has 5 heteroatoms. The van der Waals surface area contributed by atoms with Crippen molar-refractivity contribution in [3.05, 3.63) is 39.9 Å². The predicted molar refractivity (Wildman–Crippen MR) is 79.0 cm³/mol. The molecule has 3 rings (SSSR count). The summed E-state index contributed by atoms with van der Waals surface area (Å²) >= 11 is 0. The quantitative estimate of drug-likeness (QED) is 0.683. The average molecular weight is 288 g/mol. The van der Waals surface area contributed by atoms with Gasteiger partial charge in [0.15, 0.2) is 0 Å². The van der Waals surface area contributed by atoms with Crippen LogP contribution in [0.25, 0.3) is 0 Å². The molecule has 5 nitrogen and oxygen atoms in total. The molecule has 0 unspecified atom stereocenters. The zero-order valence-electron chi connectivity index (χ0n) is 12.1. The van der Waals surface area contributed by atoms with Gasteiger partial charge in [-0.1, -0.05) is 18.6 Å². The van der Waals surface area contributed by atoms with Crippen LogP contribution in [0.3, 0.4) is 0 Å². The molecule has 1 aromatic rings. The maximum absolute atomic E-state index is 12.3. The summed E-state index contributed by atoms with van der Waals surface area (Å²) in [7, 11) is 0. The summed E-state index contributed by atoms with van der Waals surface area (Å²) in [6.45, 7) is 2.03. The normalized spacial score (nSPS) is 28.3. The van der Waals surface area contributed by atoms with Crippen LogP contribution in [0, 0.1) is 27.9 Å². The number of rotatable bonds is 4. The van der Waals surface area contributed by atoms with Gasteiger partial charge >= 0.3 is 0 Å². The third kappa shape index (κ3) is 2.64. The number of carbonyl (C=O) groups is 1. The number of hydrogen-bond donors (Lipinski definition) is 1. The van der Waals surface area contributed by atoms with Gasteiger partial charge in [0.05, 0.1) is 4.92 Å². The highest BCUT2D eigenvalue weighted by molar-refractivity contribution is 5.98. The molecule has 0 spiro atoms. The molecule has 2 saturated carbocycles. The van der Waals surface area contributed by atoms with E-state index in [1.807, 2.05) is 6.92 Å². The highest BCUT2D eigenvalue weighted by Crippen LogP contribution is 2.49. The van der Waals surface area contributed by atoms with E-state index in [0.717, 1.165) is 11.8 Å². The van der Waals surface area contributed by atoms with Gasteiger partial charge in [0.2, 0.25) is 0 Å². The fourth-order valence-electron chi connectivity index (χ4n) is 4.12. The van der Waals surface area contributed by atoms with E-state index in [-0.39, 0.29) is 23.2 Å². The van der Waals surface area contributed by atoms with Crippen LogP contribution in [0.2, 0.25) is 0 Å². The van der Waals surface area contributed by atoms with Crippen molar-refractivity contribution in [2.45, 2.75) is 38.6 Å². The Morgan fingerprint density at radius 3 is 2.71 bits per heavy atom. The van der Waals surface area contributed by atoms with Gasteiger partial charge in [0.1, 0.15) is 5.56 Å². The lowest BCUT2D eigenvalue weighted by Gasteiger charge is -2.28. The molecular formula is C16H20N2O3. The van der Waals surface area contributed by atoms with Gasteiger partial charge in [0, 0.05) is 12.1 Å². The number of amides is 1. The van der Waals surface area contributed by atoms with Gasteiger partial charge in [-0.25, -0.2) is 0 Å². The van der Waals surface area contributed by atoms with E-state index in [1.54, 1.807) is 12.1 Å². The third-order valence-corrected chi connectivity index (χ3v) is 5.14. The van der Waals surface area contributed by atoms with Crippen LogP contribution in [0.5, 0.6) is 0 Å². The van der Waals surface area contributed by atoms with E-state index < -0.39 is 4.92 Å². The molecule has 0 aromatic heterocycles. The first kappa shape index (κ1) is 14.0. The van der Waals surface area contributed by atoms with Gasteiger partial charge in [-0.15, -0.1) is 0 Å². The van der Waals surface area contributed by atoms with Crippen molar-refractivity contribution in [2.75, 3.05) is 0 Å². The zero-order chi connectivity index (χ0) is 15.0. The van der Waals surface area contributed by atoms with Gasteiger partial charge in [-0.3, -0.25) is 14.9 Å². The topological polar surface area (TPSA) is 72.2 Å². The number of carbonyl (C=O) groups excluding carboxylic acids is 1. The number of nitro groups is 1. The standard InChI is InChI=1S/C16H20N2O3/c1-10(14-9-11-6-7-12(14)8-11)17-16(19)13-4-2-3-5-15(13)18(20)21/h2-5,10-12,14H,6-9H2,1H3,(H,17,19)/t10-,11+,12-,14+/m0/s1. The number of nitro benzene ring substituents is 1. The first-order valence-electron chi connectivity index (χ1n) is 7.60. The van der Waals surface area contributed by atoms with Crippen molar-refractivity contribution in [1.82, 2.24) is 5.32 Å². The first-order valence-corrected chi connectivity index (χ1v) is 7.60. The Balaban J connectivity index is 1.70. The Labute approximate surface area is 123 Å². The van der Waals surface area contributed by atoms with Crippen molar-refractivity contribution in [2.24, 2.45) is 17.8 Å². The molecule has 0 heterocycles. The van der Waals surface area contributed by atoms with E-state index in [9.17, 15) is 14.9 Å². The maximum Gasteiger partial charge on any atom is 0.282 e. The third-order valence-electron chi connectivity index (χ3n) is 5.14. The minimum absolute atomic E-state index is 0.0765. The van der Waals surface area contributed by atoms with Crippen molar-refractivity contribution in [1.29, 1.82) is 0 Å². The molecule has 0 aliphatic heterocycles. The fraction of sp³-hybridized carbons (Fsp3) is 0.562. The second-order valence-corrected chi connectivity index (χ2v) is 6.38. The summed E-state index contributed by atoms with van der Waals surface area (Å²) in [5.41, 5.74) is 0.0210. The molecule has 2 bridgehead atoms. The lowest BCUT2D eigenvalue weighted by Crippen LogP contribution is -2.40. The monoisotopic (exact) mass is 288 g/mol. The number of nitrogens with zero attached hydrogens (tertiary/aromatic N) is 1. The molecule has 112 valence electrons. The van der Waals surface area contributed by atoms with Crippen molar-refractivity contribution in [3.63, 3.8) is 0 Å². The van der Waals surface area contributed by atoms with Crippen LogP contribution in [0.15, 0.2) is 24.3 Å². The Morgan fingerprint density at radius 2 is 2.10 bits per heavy atom. The molecule has 1 amide bonds. The average Bonchev–Trinajstić information content (AvgIpc) is 3.09. The Morgan fingerprint density at radius 1 is 1.33 bits per heavy atom. The van der Waals surface area contributed by atoms with Crippen molar-refractivity contribution in [3.8, 4) is 0 Å². The van der Waals surface area contributed by atoms with Crippen LogP contribution < -0.4 is 5.32 Å². The van der Waals surface area contributed by atoms with E-state index >= 15 is 0 Å². The highest BCUT2D eigenvalue weighted by Gasteiger charge is 2.42. The number of para-hydroxylation sites is 1. The Kier molecular flexibility index (Phi) is 3.66. The highest BCUT2D eigenvalue weighted by atomic mass is 16.6.